The average molecular weight is 333 g/mol. The molecule has 0 unspecified atom stereocenters. The molecule has 0 aromatic heterocycles. The van der Waals surface area contributed by atoms with E-state index >= 15 is 0 Å². The molecule has 0 heterocycles. The highest BCUT2D eigenvalue weighted by atomic mass is 79.9. The molecule has 0 radical (unpaired) electrons. The fourth-order valence-corrected chi connectivity index (χ4v) is 3.96. The second-order valence-corrected chi connectivity index (χ2v) is 7.75. The first kappa shape index (κ1) is 15.9. The maximum atomic E-state index is 5.40. The van der Waals surface area contributed by atoms with Gasteiger partial charge in [0.15, 0.2) is 0 Å². The summed E-state index contributed by atoms with van der Waals surface area (Å²) in [5.74, 6) is 0. The van der Waals surface area contributed by atoms with Crippen LogP contribution in [-0.2, 0) is 25.0 Å². The highest BCUT2D eigenvalue weighted by Crippen LogP contribution is 2.17. The van der Waals surface area contributed by atoms with Crippen LogP contribution in [0.3, 0.4) is 0 Å². The van der Waals surface area contributed by atoms with Gasteiger partial charge in [0.2, 0.25) is 0 Å². The molecule has 0 bridgehead atoms. The Morgan fingerprint density at radius 2 is 1.44 bits per heavy atom. The molecule has 0 aliphatic heterocycles. The van der Waals surface area contributed by atoms with E-state index < -0.39 is 8.80 Å². The fraction of sp³-hybridized carbons (Fsp3) is 0.538. The molecular weight excluding hydrogens is 312 g/mol. The summed E-state index contributed by atoms with van der Waals surface area (Å²) in [5.41, 5.74) is 2.64. The van der Waals surface area contributed by atoms with E-state index in [4.69, 9.17) is 13.3 Å². The zero-order chi connectivity index (χ0) is 13.4. The number of halogens is 1. The predicted molar refractivity (Wildman–Crippen MR) is 79.0 cm³/mol. The van der Waals surface area contributed by atoms with Crippen molar-refractivity contribution in [2.24, 2.45) is 0 Å². The minimum absolute atomic E-state index is 0.844. The van der Waals surface area contributed by atoms with Crippen LogP contribution < -0.4 is 0 Å². The molecule has 1 aromatic carbocycles. The number of alkyl halides is 1. The summed E-state index contributed by atoms with van der Waals surface area (Å²) < 4.78 is 16.2. The van der Waals surface area contributed by atoms with Crippen molar-refractivity contribution in [3.63, 3.8) is 0 Å². The molecule has 3 nitrogen and oxygen atoms in total. The van der Waals surface area contributed by atoms with Gasteiger partial charge in [0.1, 0.15) is 0 Å². The van der Waals surface area contributed by atoms with Crippen LogP contribution in [0.1, 0.15) is 17.5 Å². The molecule has 18 heavy (non-hydrogen) atoms. The largest absolute Gasteiger partial charge is 0.500 e. The first-order chi connectivity index (χ1) is 8.69. The quantitative estimate of drug-likeness (QED) is 0.539. The average Bonchev–Trinajstić information content (AvgIpc) is 2.45. The van der Waals surface area contributed by atoms with Gasteiger partial charge in [-0.05, 0) is 24.0 Å². The van der Waals surface area contributed by atoms with Crippen LogP contribution in [0.5, 0.6) is 0 Å². The van der Waals surface area contributed by atoms with Gasteiger partial charge < -0.3 is 13.3 Å². The number of hydrogen-bond donors (Lipinski definition) is 0. The summed E-state index contributed by atoms with van der Waals surface area (Å²) in [6.45, 7) is 0. The van der Waals surface area contributed by atoms with Crippen molar-refractivity contribution in [2.75, 3.05) is 21.3 Å². The van der Waals surface area contributed by atoms with E-state index in [-0.39, 0.29) is 0 Å². The van der Waals surface area contributed by atoms with Crippen LogP contribution in [0.25, 0.3) is 0 Å². The molecule has 5 heteroatoms. The van der Waals surface area contributed by atoms with Crippen molar-refractivity contribution >= 4 is 24.7 Å². The predicted octanol–water partition coefficient (Wildman–Crippen LogP) is 3.39. The van der Waals surface area contributed by atoms with E-state index in [1.165, 1.54) is 11.1 Å². The van der Waals surface area contributed by atoms with E-state index in [1.807, 2.05) is 0 Å². The zero-order valence-electron chi connectivity index (χ0n) is 11.2. The van der Waals surface area contributed by atoms with Gasteiger partial charge in [-0.2, -0.15) is 0 Å². The molecule has 0 atom stereocenters. The second kappa shape index (κ2) is 8.07. The van der Waals surface area contributed by atoms with E-state index in [1.54, 1.807) is 21.3 Å². The lowest BCUT2D eigenvalue weighted by atomic mass is 10.1. The molecule has 0 amide bonds. The van der Waals surface area contributed by atoms with Crippen LogP contribution in [0.4, 0.5) is 0 Å². The second-order valence-electron chi connectivity index (χ2n) is 4.10. The Hall–Kier alpha value is -0.203. The molecule has 102 valence electrons. The van der Waals surface area contributed by atoms with Crippen LogP contribution in [0, 0.1) is 0 Å². The minimum atomic E-state index is -2.40. The SMILES string of the molecule is CO[Si](CCCc1ccc(CBr)cc1)(OC)OC. The molecule has 0 spiro atoms. The van der Waals surface area contributed by atoms with Crippen molar-refractivity contribution in [1.82, 2.24) is 0 Å². The smallest absolute Gasteiger partial charge is 0.377 e. The molecular formula is C13H21BrO3Si. The molecule has 1 aromatic rings. The van der Waals surface area contributed by atoms with Crippen LogP contribution in [0.15, 0.2) is 24.3 Å². The summed E-state index contributed by atoms with van der Waals surface area (Å²) in [5, 5.41) is 0.903. The van der Waals surface area contributed by atoms with Crippen molar-refractivity contribution < 1.29 is 13.3 Å². The summed E-state index contributed by atoms with van der Waals surface area (Å²) in [6.07, 6.45) is 2.03. The van der Waals surface area contributed by atoms with Crippen molar-refractivity contribution in [2.45, 2.75) is 24.2 Å². The molecule has 0 aliphatic carbocycles. The molecule has 0 fully saturated rings. The third-order valence-corrected chi connectivity index (χ3v) is 6.54. The Balaban J connectivity index is 2.44. The normalized spacial score (nSPS) is 11.8. The van der Waals surface area contributed by atoms with Gasteiger partial charge in [0.25, 0.3) is 0 Å². The molecule has 0 aliphatic rings. The Morgan fingerprint density at radius 1 is 0.944 bits per heavy atom. The number of hydrogen-bond acceptors (Lipinski definition) is 3. The van der Waals surface area contributed by atoms with Gasteiger partial charge in [-0.15, -0.1) is 0 Å². The molecule has 0 saturated carbocycles. The van der Waals surface area contributed by atoms with Gasteiger partial charge in [-0.3, -0.25) is 0 Å². The Bertz CT molecular complexity index is 330. The number of aryl methyl sites for hydroxylation is 1. The van der Waals surface area contributed by atoms with Crippen molar-refractivity contribution in [3.8, 4) is 0 Å². The third kappa shape index (κ3) is 4.48. The maximum Gasteiger partial charge on any atom is 0.500 e. The van der Waals surface area contributed by atoms with E-state index in [9.17, 15) is 0 Å². The summed E-state index contributed by atoms with van der Waals surface area (Å²) in [7, 11) is 2.57. The van der Waals surface area contributed by atoms with E-state index in [0.717, 1.165) is 24.2 Å². The minimum Gasteiger partial charge on any atom is -0.377 e. The zero-order valence-corrected chi connectivity index (χ0v) is 13.8. The van der Waals surface area contributed by atoms with E-state index in [0.29, 0.717) is 0 Å². The molecule has 0 saturated heterocycles. The van der Waals surface area contributed by atoms with Crippen molar-refractivity contribution in [3.05, 3.63) is 35.4 Å². The Kier molecular flexibility index (Phi) is 7.10. The van der Waals surface area contributed by atoms with Crippen LogP contribution in [0.2, 0.25) is 6.04 Å². The fourth-order valence-electron chi connectivity index (χ4n) is 1.86. The van der Waals surface area contributed by atoms with Gasteiger partial charge in [0, 0.05) is 32.7 Å². The van der Waals surface area contributed by atoms with Gasteiger partial charge in [-0.1, -0.05) is 40.2 Å². The first-order valence-electron chi connectivity index (χ1n) is 5.99. The maximum absolute atomic E-state index is 5.40. The van der Waals surface area contributed by atoms with Gasteiger partial charge >= 0.3 is 8.80 Å². The Labute approximate surface area is 119 Å². The summed E-state index contributed by atoms with van der Waals surface area (Å²) in [6, 6.07) is 9.49. The topological polar surface area (TPSA) is 27.7 Å². The first-order valence-corrected chi connectivity index (χ1v) is 9.04. The summed E-state index contributed by atoms with van der Waals surface area (Å²) in [4.78, 5) is 0. The van der Waals surface area contributed by atoms with Crippen molar-refractivity contribution in [1.29, 1.82) is 0 Å². The number of benzene rings is 1. The standard InChI is InChI=1S/C13H21BrO3Si/c1-15-18(16-2,17-3)10-4-5-12-6-8-13(11-14)9-7-12/h6-9H,4-5,10-11H2,1-3H3. The molecule has 1 rings (SSSR count). The van der Waals surface area contributed by atoms with Crippen LogP contribution >= 0.6 is 15.9 Å². The summed E-state index contributed by atoms with van der Waals surface area (Å²) >= 11 is 3.44. The molecule has 0 N–H and O–H groups in total. The Morgan fingerprint density at radius 3 is 1.89 bits per heavy atom. The monoisotopic (exact) mass is 332 g/mol. The van der Waals surface area contributed by atoms with Crippen LogP contribution in [-0.4, -0.2) is 30.1 Å². The van der Waals surface area contributed by atoms with Gasteiger partial charge in [0.05, 0.1) is 0 Å². The van der Waals surface area contributed by atoms with Gasteiger partial charge in [-0.25, -0.2) is 0 Å². The lowest BCUT2D eigenvalue weighted by Gasteiger charge is -2.24. The third-order valence-electron chi connectivity index (χ3n) is 3.06. The lowest BCUT2D eigenvalue weighted by molar-refractivity contribution is 0.123. The lowest BCUT2D eigenvalue weighted by Crippen LogP contribution is -2.42. The highest BCUT2D eigenvalue weighted by molar-refractivity contribution is 9.08. The number of rotatable bonds is 8. The highest BCUT2D eigenvalue weighted by Gasteiger charge is 2.36. The van der Waals surface area contributed by atoms with E-state index in [2.05, 4.69) is 40.2 Å².